The number of nitrogens with one attached hydrogen (secondary N) is 2. The van der Waals surface area contributed by atoms with E-state index in [2.05, 4.69) is 20.7 Å². The maximum atomic E-state index is 13.8. The van der Waals surface area contributed by atoms with Crippen molar-refractivity contribution in [2.24, 2.45) is 17.6 Å². The number of hydrogen-bond donors (Lipinski definition) is 3. The van der Waals surface area contributed by atoms with Crippen molar-refractivity contribution in [3.05, 3.63) is 29.7 Å². The number of carbonyl (C=O) groups excluding carboxylic acids is 1. The van der Waals surface area contributed by atoms with Crippen molar-refractivity contribution < 1.29 is 27.1 Å². The highest BCUT2D eigenvalue weighted by Crippen LogP contribution is 2.43. The Labute approximate surface area is 213 Å². The molecule has 2 atom stereocenters. The second-order valence-corrected chi connectivity index (χ2v) is 11.3. The van der Waals surface area contributed by atoms with E-state index in [0.717, 1.165) is 18.4 Å². The Morgan fingerprint density at radius 3 is 2.43 bits per heavy atom. The number of ether oxygens (including phenoxy) is 1. The van der Waals surface area contributed by atoms with Gasteiger partial charge in [-0.15, -0.1) is 0 Å². The quantitative estimate of drug-likeness (QED) is 0.406. The van der Waals surface area contributed by atoms with Gasteiger partial charge in [0.2, 0.25) is 5.92 Å². The molecule has 0 spiro atoms. The van der Waals surface area contributed by atoms with Crippen molar-refractivity contribution in [3.8, 4) is 0 Å². The van der Waals surface area contributed by atoms with Crippen LogP contribution in [0.4, 0.5) is 22.4 Å². The number of nitrogens with zero attached hydrogens (tertiary/aromatic N) is 3. The van der Waals surface area contributed by atoms with Crippen molar-refractivity contribution in [2.45, 2.75) is 88.8 Å². The van der Waals surface area contributed by atoms with Gasteiger partial charge >= 0.3 is 6.09 Å². The number of hydrogen-bond acceptors (Lipinski definition) is 6. The largest absolute Gasteiger partial charge is 0.444 e. The average Bonchev–Trinajstić information content (AvgIpc) is 3.54. The standard InChI is InChI=1S/C25H36F4N6O2/c1-23(2,3)37-22(36)34-21(16-6-8-24(26,27)9-7-16)18-12-35-19(33-18)10-17(11-32-35)20(15-4-5-15)31-14-25(28,29)13-30/h10-12,15-16,20-21,31H,4-9,13-14,30H2,1-3H3,(H,34,36)/t20-,21+/m1/s1. The first kappa shape index (κ1) is 27.6. The summed E-state index contributed by atoms with van der Waals surface area (Å²) in [5.41, 5.74) is 6.14. The van der Waals surface area contributed by atoms with Gasteiger partial charge in [-0.05, 0) is 69.9 Å². The molecule has 2 heterocycles. The summed E-state index contributed by atoms with van der Waals surface area (Å²) in [4.78, 5) is 17.3. The number of aromatic nitrogens is 3. The average molecular weight is 529 g/mol. The molecular weight excluding hydrogens is 492 g/mol. The summed E-state index contributed by atoms with van der Waals surface area (Å²) in [7, 11) is 0. The molecule has 0 unspecified atom stereocenters. The van der Waals surface area contributed by atoms with Crippen molar-refractivity contribution in [1.82, 2.24) is 25.2 Å². The van der Waals surface area contributed by atoms with Crippen LogP contribution in [-0.4, -0.2) is 51.2 Å². The summed E-state index contributed by atoms with van der Waals surface area (Å²) < 4.78 is 62.2. The van der Waals surface area contributed by atoms with Gasteiger partial charge in [-0.1, -0.05) is 0 Å². The molecule has 1 amide bonds. The summed E-state index contributed by atoms with van der Waals surface area (Å²) in [5, 5.41) is 10.2. The van der Waals surface area contributed by atoms with E-state index >= 15 is 0 Å². The lowest BCUT2D eigenvalue weighted by Gasteiger charge is -2.33. The van der Waals surface area contributed by atoms with Gasteiger partial charge in [-0.25, -0.2) is 31.9 Å². The minimum atomic E-state index is -3.01. The minimum absolute atomic E-state index is 0.220. The number of amides is 1. The molecule has 2 aliphatic carbocycles. The van der Waals surface area contributed by atoms with Crippen LogP contribution in [-0.2, 0) is 4.74 Å². The fourth-order valence-electron chi connectivity index (χ4n) is 4.81. The SMILES string of the molecule is CC(C)(C)OC(=O)N[C@H](c1cn2ncc([C@H](NCC(F)(F)CN)C3CC3)cc2n1)C1CCC(F)(F)CC1. The van der Waals surface area contributed by atoms with Gasteiger partial charge in [0.05, 0.1) is 37.2 Å². The third-order valence-electron chi connectivity index (χ3n) is 6.92. The number of halogens is 4. The number of fused-ring (bicyclic) bond motifs is 1. The van der Waals surface area contributed by atoms with E-state index < -0.39 is 42.7 Å². The van der Waals surface area contributed by atoms with Crippen LogP contribution < -0.4 is 16.4 Å². The number of imidazole rings is 1. The first-order valence-corrected chi connectivity index (χ1v) is 12.8. The Morgan fingerprint density at radius 2 is 1.84 bits per heavy atom. The normalized spacial score (nSPS) is 20.5. The van der Waals surface area contributed by atoms with Gasteiger partial charge in [-0.2, -0.15) is 5.10 Å². The number of alkyl carbamates (subject to hydrolysis) is 1. The van der Waals surface area contributed by atoms with Crippen molar-refractivity contribution in [3.63, 3.8) is 0 Å². The highest BCUT2D eigenvalue weighted by molar-refractivity contribution is 5.68. The molecule has 2 aromatic heterocycles. The molecule has 8 nitrogen and oxygen atoms in total. The minimum Gasteiger partial charge on any atom is -0.444 e. The van der Waals surface area contributed by atoms with Gasteiger partial charge < -0.3 is 21.1 Å². The lowest BCUT2D eigenvalue weighted by molar-refractivity contribution is -0.0500. The summed E-state index contributed by atoms with van der Waals surface area (Å²) in [6, 6.07) is 0.829. The number of carbonyl (C=O) groups is 1. The van der Waals surface area contributed by atoms with Crippen LogP contribution in [0.25, 0.3) is 5.65 Å². The second kappa shape index (κ2) is 10.4. The van der Waals surface area contributed by atoms with E-state index in [1.165, 1.54) is 0 Å². The Kier molecular flexibility index (Phi) is 7.72. The van der Waals surface area contributed by atoms with Crippen LogP contribution in [0.2, 0.25) is 0 Å². The molecule has 206 valence electrons. The number of nitrogens with two attached hydrogens (primary N) is 1. The molecule has 2 aliphatic rings. The first-order valence-electron chi connectivity index (χ1n) is 12.8. The topological polar surface area (TPSA) is 107 Å². The van der Waals surface area contributed by atoms with E-state index in [4.69, 9.17) is 10.5 Å². The van der Waals surface area contributed by atoms with Crippen LogP contribution in [0.1, 0.15) is 82.6 Å². The molecule has 37 heavy (non-hydrogen) atoms. The lowest BCUT2D eigenvalue weighted by Crippen LogP contribution is -2.41. The van der Waals surface area contributed by atoms with E-state index in [0.29, 0.717) is 11.3 Å². The highest BCUT2D eigenvalue weighted by atomic mass is 19.3. The summed E-state index contributed by atoms with van der Waals surface area (Å²) in [6.45, 7) is 3.95. The Hall–Kier alpha value is -2.47. The van der Waals surface area contributed by atoms with Crippen molar-refractivity contribution in [2.75, 3.05) is 13.1 Å². The predicted octanol–water partition coefficient (Wildman–Crippen LogP) is 4.76. The fraction of sp³-hybridized carbons (Fsp3) is 0.720. The van der Waals surface area contributed by atoms with Gasteiger partial charge in [0.15, 0.2) is 5.65 Å². The summed E-state index contributed by atoms with van der Waals surface area (Å²) in [6.07, 6.45) is 4.40. The third-order valence-corrected chi connectivity index (χ3v) is 6.92. The molecule has 4 N–H and O–H groups in total. The molecular formula is C25H36F4N6O2. The number of rotatable bonds is 9. The molecule has 2 saturated carbocycles. The van der Waals surface area contributed by atoms with Gasteiger partial charge in [0.1, 0.15) is 5.60 Å². The summed E-state index contributed by atoms with van der Waals surface area (Å²) in [5.74, 6) is -5.76. The molecule has 0 saturated heterocycles. The predicted molar refractivity (Wildman–Crippen MR) is 129 cm³/mol. The lowest BCUT2D eigenvalue weighted by atomic mass is 9.81. The molecule has 0 aliphatic heterocycles. The molecule has 12 heteroatoms. The first-order chi connectivity index (χ1) is 17.3. The Morgan fingerprint density at radius 1 is 1.19 bits per heavy atom. The Balaban J connectivity index is 1.58. The monoisotopic (exact) mass is 528 g/mol. The maximum absolute atomic E-state index is 13.8. The van der Waals surface area contributed by atoms with Crippen molar-refractivity contribution in [1.29, 1.82) is 0 Å². The molecule has 0 radical (unpaired) electrons. The molecule has 2 aromatic rings. The van der Waals surface area contributed by atoms with E-state index in [1.807, 2.05) is 0 Å². The zero-order chi connectivity index (χ0) is 27.0. The molecule has 0 bridgehead atoms. The van der Waals surface area contributed by atoms with Gasteiger partial charge in [0.25, 0.3) is 5.92 Å². The molecule has 0 aromatic carbocycles. The van der Waals surface area contributed by atoms with Crippen molar-refractivity contribution >= 4 is 11.7 Å². The van der Waals surface area contributed by atoms with Crippen LogP contribution in [0.3, 0.4) is 0 Å². The zero-order valence-electron chi connectivity index (χ0n) is 21.4. The Bertz CT molecular complexity index is 1090. The van der Waals surface area contributed by atoms with E-state index in [1.54, 1.807) is 43.7 Å². The smallest absolute Gasteiger partial charge is 0.408 e. The maximum Gasteiger partial charge on any atom is 0.408 e. The highest BCUT2D eigenvalue weighted by Gasteiger charge is 2.40. The summed E-state index contributed by atoms with van der Waals surface area (Å²) >= 11 is 0. The molecule has 2 fully saturated rings. The van der Waals surface area contributed by atoms with Crippen LogP contribution in [0.15, 0.2) is 18.5 Å². The number of alkyl halides is 4. The second-order valence-electron chi connectivity index (χ2n) is 11.3. The van der Waals surface area contributed by atoms with Crippen LogP contribution in [0, 0.1) is 11.8 Å². The van der Waals surface area contributed by atoms with Gasteiger partial charge in [-0.3, -0.25) is 0 Å². The van der Waals surface area contributed by atoms with E-state index in [-0.39, 0.29) is 43.6 Å². The van der Waals surface area contributed by atoms with E-state index in [9.17, 15) is 22.4 Å². The third kappa shape index (κ3) is 7.31. The fourth-order valence-corrected chi connectivity index (χ4v) is 4.81. The molecule has 4 rings (SSSR count). The zero-order valence-corrected chi connectivity index (χ0v) is 21.4. The van der Waals surface area contributed by atoms with Crippen LogP contribution >= 0.6 is 0 Å². The van der Waals surface area contributed by atoms with Crippen LogP contribution in [0.5, 0.6) is 0 Å². The van der Waals surface area contributed by atoms with Gasteiger partial charge in [0, 0.05) is 18.9 Å².